The fourth-order valence-electron chi connectivity index (χ4n) is 2.99. The summed E-state index contributed by atoms with van der Waals surface area (Å²) in [5.74, 6) is -1.11. The van der Waals surface area contributed by atoms with Crippen LogP contribution in [0.15, 0.2) is 29.1 Å². The third kappa shape index (κ3) is 2.54. The van der Waals surface area contributed by atoms with Gasteiger partial charge < -0.3 is 14.7 Å². The molecular formula is C16H17N3O5. The number of likely N-dealkylation sites (tertiary alicyclic amines) is 1. The van der Waals surface area contributed by atoms with Crippen LogP contribution in [0.5, 0.6) is 0 Å². The number of carbonyl (C=O) groups is 2. The van der Waals surface area contributed by atoms with Crippen molar-refractivity contribution in [2.75, 3.05) is 13.7 Å². The molecule has 8 nitrogen and oxygen atoms in total. The molecule has 126 valence electrons. The summed E-state index contributed by atoms with van der Waals surface area (Å²) in [5, 5.41) is 14.7. The minimum atomic E-state index is -0.865. The van der Waals surface area contributed by atoms with E-state index < -0.39 is 24.0 Å². The van der Waals surface area contributed by atoms with E-state index in [1.165, 1.54) is 19.1 Å². The van der Waals surface area contributed by atoms with E-state index in [2.05, 4.69) is 5.10 Å². The number of rotatable bonds is 2. The monoisotopic (exact) mass is 331 g/mol. The van der Waals surface area contributed by atoms with E-state index >= 15 is 0 Å². The quantitative estimate of drug-likeness (QED) is 0.757. The number of amides is 1. The molecule has 3 rings (SSSR count). The molecule has 1 aromatic carbocycles. The summed E-state index contributed by atoms with van der Waals surface area (Å²) < 4.78 is 5.80. The lowest BCUT2D eigenvalue weighted by Crippen LogP contribution is -2.42. The number of hydrogen-bond acceptors (Lipinski definition) is 6. The molecule has 0 bridgehead atoms. The highest BCUT2D eigenvalue weighted by molar-refractivity contribution is 6.06. The molecule has 0 spiro atoms. The third-order valence-corrected chi connectivity index (χ3v) is 4.17. The topological polar surface area (TPSA) is 102 Å². The highest BCUT2D eigenvalue weighted by Crippen LogP contribution is 2.23. The summed E-state index contributed by atoms with van der Waals surface area (Å²) in [5.41, 5.74) is -0.246. The van der Waals surface area contributed by atoms with Crippen molar-refractivity contribution in [1.29, 1.82) is 0 Å². The first kappa shape index (κ1) is 16.1. The largest absolute Gasteiger partial charge is 0.467 e. The highest BCUT2D eigenvalue weighted by atomic mass is 16.5. The highest BCUT2D eigenvalue weighted by Gasteiger charge is 2.41. The first-order valence-electron chi connectivity index (χ1n) is 7.47. The van der Waals surface area contributed by atoms with E-state index in [4.69, 9.17) is 4.74 Å². The number of aromatic nitrogens is 2. The first-order valence-corrected chi connectivity index (χ1v) is 7.47. The molecular weight excluding hydrogens is 314 g/mol. The van der Waals surface area contributed by atoms with Crippen LogP contribution >= 0.6 is 0 Å². The van der Waals surface area contributed by atoms with E-state index in [1.54, 1.807) is 24.3 Å². The summed E-state index contributed by atoms with van der Waals surface area (Å²) >= 11 is 0. The maximum Gasteiger partial charge on any atom is 0.328 e. The smallest absolute Gasteiger partial charge is 0.328 e. The number of nitrogens with zero attached hydrogens (tertiary/aromatic N) is 3. The van der Waals surface area contributed by atoms with Crippen LogP contribution in [0.3, 0.4) is 0 Å². The lowest BCUT2D eigenvalue weighted by Gasteiger charge is -2.22. The summed E-state index contributed by atoms with van der Waals surface area (Å²) in [4.78, 5) is 38.2. The van der Waals surface area contributed by atoms with Crippen LogP contribution < -0.4 is 5.56 Å². The Morgan fingerprint density at radius 1 is 1.29 bits per heavy atom. The van der Waals surface area contributed by atoms with Gasteiger partial charge in [0.15, 0.2) is 5.69 Å². The first-order chi connectivity index (χ1) is 11.4. The number of aliphatic hydroxyl groups excluding tert-OH is 1. The molecule has 1 fully saturated rings. The number of carbonyl (C=O) groups excluding carboxylic acids is 2. The molecule has 8 heteroatoms. The Morgan fingerprint density at radius 3 is 2.62 bits per heavy atom. The Hall–Kier alpha value is -2.74. The zero-order valence-electron chi connectivity index (χ0n) is 13.3. The molecule has 24 heavy (non-hydrogen) atoms. The molecule has 1 aromatic heterocycles. The average Bonchev–Trinajstić information content (AvgIpc) is 2.98. The van der Waals surface area contributed by atoms with Gasteiger partial charge in [-0.3, -0.25) is 9.59 Å². The van der Waals surface area contributed by atoms with Gasteiger partial charge in [0.1, 0.15) is 6.04 Å². The average molecular weight is 331 g/mol. The van der Waals surface area contributed by atoms with Crippen molar-refractivity contribution in [3.63, 3.8) is 0 Å². The van der Waals surface area contributed by atoms with Crippen LogP contribution in [-0.4, -0.2) is 57.5 Å². The van der Waals surface area contributed by atoms with Gasteiger partial charge >= 0.3 is 5.97 Å². The number of ether oxygens (including phenoxy) is 1. The number of fused-ring (bicyclic) bond motifs is 1. The van der Waals surface area contributed by atoms with Gasteiger partial charge in [0.25, 0.3) is 11.5 Å². The van der Waals surface area contributed by atoms with E-state index in [-0.39, 0.29) is 24.2 Å². The van der Waals surface area contributed by atoms with E-state index in [1.807, 2.05) is 0 Å². The summed E-state index contributed by atoms with van der Waals surface area (Å²) in [6.07, 6.45) is -0.695. The minimum Gasteiger partial charge on any atom is -0.467 e. The van der Waals surface area contributed by atoms with Gasteiger partial charge in [0.2, 0.25) is 0 Å². The van der Waals surface area contributed by atoms with Gasteiger partial charge in [-0.25, -0.2) is 9.48 Å². The number of β-amino-alcohol motifs (C(OH)–C–C–N with tert-alkyl or cyclic N) is 1. The molecule has 1 aliphatic rings. The molecule has 2 atom stereocenters. The van der Waals surface area contributed by atoms with Crippen LogP contribution in [0, 0.1) is 0 Å². The predicted octanol–water partition coefficient (Wildman–Crippen LogP) is -0.318. The SMILES string of the molecule is COC(=O)[C@H]1C[C@@H](O)CN1C(=O)c1nn(C)c(=O)c2ccccc12. The Balaban J connectivity index is 2.10. The number of aryl methyl sites for hydroxylation is 1. The number of methoxy groups -OCH3 is 1. The van der Waals surface area contributed by atoms with E-state index in [0.29, 0.717) is 10.8 Å². The van der Waals surface area contributed by atoms with Crippen LogP contribution in [0.1, 0.15) is 16.9 Å². The molecule has 0 radical (unpaired) electrons. The summed E-state index contributed by atoms with van der Waals surface area (Å²) in [6.45, 7) is 0.0114. The zero-order valence-corrected chi connectivity index (χ0v) is 13.3. The van der Waals surface area contributed by atoms with Gasteiger partial charge in [-0.15, -0.1) is 0 Å². The maximum absolute atomic E-state index is 12.9. The lowest BCUT2D eigenvalue weighted by molar-refractivity contribution is -0.145. The number of hydrogen-bond donors (Lipinski definition) is 1. The molecule has 0 aliphatic carbocycles. The van der Waals surface area contributed by atoms with Gasteiger partial charge in [0.05, 0.1) is 18.6 Å². The second kappa shape index (κ2) is 6.04. The predicted molar refractivity (Wildman–Crippen MR) is 84.4 cm³/mol. The van der Waals surface area contributed by atoms with Crippen LogP contribution in [0.2, 0.25) is 0 Å². The van der Waals surface area contributed by atoms with Crippen LogP contribution in [0.4, 0.5) is 0 Å². The number of benzene rings is 1. The molecule has 0 unspecified atom stereocenters. The second-order valence-electron chi connectivity index (χ2n) is 5.71. The Labute approximate surface area is 137 Å². The number of aliphatic hydroxyl groups is 1. The zero-order chi connectivity index (χ0) is 17.4. The Morgan fingerprint density at radius 2 is 1.96 bits per heavy atom. The van der Waals surface area contributed by atoms with Crippen LogP contribution in [0.25, 0.3) is 10.8 Å². The van der Waals surface area contributed by atoms with Crippen molar-refractivity contribution in [1.82, 2.24) is 14.7 Å². The van der Waals surface area contributed by atoms with Gasteiger partial charge in [-0.05, 0) is 6.07 Å². The van der Waals surface area contributed by atoms with Gasteiger partial charge in [0, 0.05) is 25.4 Å². The fourth-order valence-corrected chi connectivity index (χ4v) is 2.99. The fraction of sp³-hybridized carbons (Fsp3) is 0.375. The van der Waals surface area contributed by atoms with Crippen molar-refractivity contribution >= 4 is 22.6 Å². The molecule has 1 aliphatic heterocycles. The molecule has 1 amide bonds. The molecule has 2 heterocycles. The van der Waals surface area contributed by atoms with Gasteiger partial charge in [-0.1, -0.05) is 18.2 Å². The number of esters is 1. The van der Waals surface area contributed by atoms with E-state index in [9.17, 15) is 19.5 Å². The van der Waals surface area contributed by atoms with Gasteiger partial charge in [-0.2, -0.15) is 5.10 Å². The van der Waals surface area contributed by atoms with Crippen LogP contribution in [-0.2, 0) is 16.6 Å². The molecule has 0 saturated carbocycles. The minimum absolute atomic E-state index is 0.0114. The van der Waals surface area contributed by atoms with E-state index in [0.717, 1.165) is 4.68 Å². The molecule has 1 N–H and O–H groups in total. The standard InChI is InChI=1S/C16H17N3O5/c1-18-14(21)11-6-4-3-5-10(11)13(17-18)15(22)19-8-9(20)7-12(19)16(23)24-2/h3-6,9,12,20H,7-8H2,1-2H3/t9-,12-/m1/s1. The normalized spacial score (nSPS) is 20.4. The molecule has 1 saturated heterocycles. The lowest BCUT2D eigenvalue weighted by atomic mass is 10.1. The van der Waals surface area contributed by atoms with Crippen molar-refractivity contribution in [2.24, 2.45) is 7.05 Å². The van der Waals surface area contributed by atoms with Crippen molar-refractivity contribution in [3.05, 3.63) is 40.3 Å². The third-order valence-electron chi connectivity index (χ3n) is 4.17. The van der Waals surface area contributed by atoms with Crippen molar-refractivity contribution < 1.29 is 19.4 Å². The maximum atomic E-state index is 12.9. The summed E-state index contributed by atoms with van der Waals surface area (Å²) in [7, 11) is 2.69. The second-order valence-corrected chi connectivity index (χ2v) is 5.71. The van der Waals surface area contributed by atoms with Crippen molar-refractivity contribution in [3.8, 4) is 0 Å². The Kier molecular flexibility index (Phi) is 4.06. The molecule has 2 aromatic rings. The summed E-state index contributed by atoms with van der Waals surface area (Å²) in [6, 6.07) is 5.80. The Bertz CT molecular complexity index is 876. The van der Waals surface area contributed by atoms with Crippen molar-refractivity contribution in [2.45, 2.75) is 18.6 Å².